The van der Waals surface area contributed by atoms with Gasteiger partial charge in [-0.05, 0) is 63.6 Å². The zero-order valence-corrected chi connectivity index (χ0v) is 12.7. The maximum absolute atomic E-state index is 11.6. The van der Waals surface area contributed by atoms with Crippen molar-refractivity contribution in [3.05, 3.63) is 23.8 Å². The summed E-state index contributed by atoms with van der Waals surface area (Å²) in [6.07, 6.45) is 14.8. The van der Waals surface area contributed by atoms with Crippen LogP contribution in [0.5, 0.6) is 0 Å². The molecular formula is C17H26N2O. The van der Waals surface area contributed by atoms with Crippen LogP contribution >= 0.6 is 0 Å². The van der Waals surface area contributed by atoms with Crippen molar-refractivity contribution in [3.8, 4) is 0 Å². The second-order valence-corrected chi connectivity index (χ2v) is 7.02. The highest BCUT2D eigenvalue weighted by Crippen LogP contribution is 2.49. The van der Waals surface area contributed by atoms with Crippen molar-refractivity contribution in [1.82, 2.24) is 10.2 Å². The van der Waals surface area contributed by atoms with E-state index in [1.165, 1.54) is 31.3 Å². The molecule has 0 aromatic carbocycles. The number of carbonyl (C=O) groups is 1. The van der Waals surface area contributed by atoms with Gasteiger partial charge in [0.05, 0.1) is 0 Å². The molecular weight excluding hydrogens is 248 g/mol. The molecule has 1 aliphatic heterocycles. The van der Waals surface area contributed by atoms with E-state index in [4.69, 9.17) is 0 Å². The van der Waals surface area contributed by atoms with Gasteiger partial charge in [0.1, 0.15) is 0 Å². The highest BCUT2D eigenvalue weighted by molar-refractivity contribution is 5.79. The average molecular weight is 274 g/mol. The summed E-state index contributed by atoms with van der Waals surface area (Å²) in [6.45, 7) is 0.893. The summed E-state index contributed by atoms with van der Waals surface area (Å²) >= 11 is 0. The number of hydrogen-bond donors (Lipinski definition) is 1. The molecule has 1 saturated carbocycles. The van der Waals surface area contributed by atoms with E-state index < -0.39 is 0 Å². The summed E-state index contributed by atoms with van der Waals surface area (Å²) in [4.78, 5) is 14.0. The molecule has 1 N–H and O–H groups in total. The predicted octanol–water partition coefficient (Wildman–Crippen LogP) is 2.64. The van der Waals surface area contributed by atoms with Crippen molar-refractivity contribution in [3.63, 3.8) is 0 Å². The van der Waals surface area contributed by atoms with Gasteiger partial charge in [0.25, 0.3) is 0 Å². The van der Waals surface area contributed by atoms with Gasteiger partial charge < -0.3 is 5.32 Å². The molecule has 0 radical (unpaired) electrons. The van der Waals surface area contributed by atoms with E-state index in [0.29, 0.717) is 0 Å². The number of nitrogens with zero attached hydrogens (tertiary/aromatic N) is 1. The van der Waals surface area contributed by atoms with Gasteiger partial charge in [-0.3, -0.25) is 9.69 Å². The molecule has 0 aromatic heterocycles. The van der Waals surface area contributed by atoms with Crippen LogP contribution in [-0.2, 0) is 4.79 Å². The molecule has 20 heavy (non-hydrogen) atoms. The van der Waals surface area contributed by atoms with Crippen LogP contribution in [0.15, 0.2) is 23.8 Å². The second kappa shape index (κ2) is 5.03. The Bertz CT molecular complexity index is 454. The van der Waals surface area contributed by atoms with Crippen molar-refractivity contribution >= 4 is 5.91 Å². The predicted molar refractivity (Wildman–Crippen MR) is 81.4 cm³/mol. The van der Waals surface area contributed by atoms with Gasteiger partial charge in [-0.2, -0.15) is 0 Å². The number of nitrogens with one attached hydrogen (secondary N) is 1. The molecule has 110 valence electrons. The molecule has 0 atom stereocenters. The summed E-state index contributed by atoms with van der Waals surface area (Å²) in [6, 6.07) is 0. The Labute approximate surface area is 122 Å². The first-order valence-corrected chi connectivity index (χ1v) is 7.88. The maximum Gasteiger partial charge on any atom is 0.220 e. The van der Waals surface area contributed by atoms with Gasteiger partial charge in [0.15, 0.2) is 0 Å². The summed E-state index contributed by atoms with van der Waals surface area (Å²) < 4.78 is 0. The zero-order chi connectivity index (χ0) is 14.2. The summed E-state index contributed by atoms with van der Waals surface area (Å²) in [7, 11) is 4.42. The second-order valence-electron chi connectivity index (χ2n) is 7.02. The number of carbonyl (C=O) groups excluding carboxylic acids is 1. The Hall–Kier alpha value is -1.09. The Morgan fingerprint density at radius 1 is 1.15 bits per heavy atom. The minimum atomic E-state index is 0.188. The van der Waals surface area contributed by atoms with Gasteiger partial charge in [0.2, 0.25) is 5.91 Å². The normalized spacial score (nSPS) is 37.4. The Balaban J connectivity index is 1.80. The minimum absolute atomic E-state index is 0.188. The highest BCUT2D eigenvalue weighted by atomic mass is 16.1. The van der Waals surface area contributed by atoms with Crippen LogP contribution < -0.4 is 5.32 Å². The third-order valence-corrected chi connectivity index (χ3v) is 5.72. The summed E-state index contributed by atoms with van der Waals surface area (Å²) in [5.41, 5.74) is 1.93. The topological polar surface area (TPSA) is 32.3 Å². The fourth-order valence-corrected chi connectivity index (χ4v) is 4.25. The molecule has 2 fully saturated rings. The largest absolute Gasteiger partial charge is 0.356 e. The van der Waals surface area contributed by atoms with E-state index in [1.54, 1.807) is 0 Å². The first kappa shape index (κ1) is 13.9. The fraction of sp³-hybridized carbons (Fsp3) is 0.706. The van der Waals surface area contributed by atoms with Gasteiger partial charge in [0, 0.05) is 18.5 Å². The number of amides is 1. The smallest absolute Gasteiger partial charge is 0.220 e. The molecule has 0 bridgehead atoms. The molecule has 3 heteroatoms. The summed E-state index contributed by atoms with van der Waals surface area (Å²) in [5, 5.41) is 3.04. The average Bonchev–Trinajstić information content (AvgIpc) is 2.82. The lowest BCUT2D eigenvalue weighted by molar-refractivity contribution is -0.119. The maximum atomic E-state index is 11.6. The highest BCUT2D eigenvalue weighted by Gasteiger charge is 2.48. The quantitative estimate of drug-likeness (QED) is 0.839. The van der Waals surface area contributed by atoms with E-state index in [2.05, 4.69) is 42.5 Å². The molecule has 3 rings (SSSR count). The van der Waals surface area contributed by atoms with Crippen molar-refractivity contribution in [2.75, 3.05) is 20.6 Å². The lowest BCUT2D eigenvalue weighted by Gasteiger charge is -2.49. The van der Waals surface area contributed by atoms with Crippen LogP contribution in [0.2, 0.25) is 0 Å². The Morgan fingerprint density at radius 2 is 1.90 bits per heavy atom. The van der Waals surface area contributed by atoms with E-state index >= 15 is 0 Å². The fourth-order valence-electron chi connectivity index (χ4n) is 4.25. The minimum Gasteiger partial charge on any atom is -0.356 e. The number of hydrogen-bond acceptors (Lipinski definition) is 2. The van der Waals surface area contributed by atoms with E-state index in [9.17, 15) is 4.79 Å². The number of likely N-dealkylation sites (N-methyl/N-ethyl adjacent to an activating group) is 1. The molecule has 1 saturated heterocycles. The molecule has 0 unspecified atom stereocenters. The Kier molecular flexibility index (Phi) is 3.49. The van der Waals surface area contributed by atoms with E-state index in [-0.39, 0.29) is 16.9 Å². The first-order valence-electron chi connectivity index (χ1n) is 7.88. The third-order valence-electron chi connectivity index (χ3n) is 5.72. The zero-order valence-electron chi connectivity index (χ0n) is 12.7. The van der Waals surface area contributed by atoms with E-state index in [1.807, 2.05) is 0 Å². The van der Waals surface area contributed by atoms with Crippen LogP contribution in [-0.4, -0.2) is 37.0 Å². The Morgan fingerprint density at radius 3 is 2.40 bits per heavy atom. The summed E-state index contributed by atoms with van der Waals surface area (Å²) in [5.74, 6) is 0.249. The number of allylic oxidation sites excluding steroid dienone is 2. The molecule has 3 nitrogen and oxygen atoms in total. The SMILES string of the molecule is CN(C)C1(C2=CCCC=C2)CCC2(CC1)CNC(=O)C2. The lowest BCUT2D eigenvalue weighted by atomic mass is 9.63. The van der Waals surface area contributed by atoms with E-state index in [0.717, 1.165) is 25.8 Å². The van der Waals surface area contributed by atoms with Crippen LogP contribution in [0, 0.1) is 5.41 Å². The van der Waals surface area contributed by atoms with Crippen LogP contribution in [0.4, 0.5) is 0 Å². The number of rotatable bonds is 2. The third kappa shape index (κ3) is 2.22. The van der Waals surface area contributed by atoms with Gasteiger partial charge in [-0.25, -0.2) is 0 Å². The van der Waals surface area contributed by atoms with Crippen LogP contribution in [0.1, 0.15) is 44.9 Å². The van der Waals surface area contributed by atoms with Crippen molar-refractivity contribution < 1.29 is 4.79 Å². The molecule has 2 aliphatic carbocycles. The van der Waals surface area contributed by atoms with Crippen LogP contribution in [0.25, 0.3) is 0 Å². The molecule has 1 amide bonds. The van der Waals surface area contributed by atoms with Crippen molar-refractivity contribution in [1.29, 1.82) is 0 Å². The van der Waals surface area contributed by atoms with Crippen molar-refractivity contribution in [2.24, 2.45) is 5.41 Å². The first-order chi connectivity index (χ1) is 9.56. The van der Waals surface area contributed by atoms with Gasteiger partial charge in [-0.15, -0.1) is 0 Å². The standard InChI is InChI=1S/C17H26N2O/c1-19(2)17(14-6-4-3-5-7-14)10-8-16(9-11-17)12-15(20)18-13-16/h4,6-7H,3,5,8-13H2,1-2H3,(H,18,20). The van der Waals surface area contributed by atoms with Crippen LogP contribution in [0.3, 0.4) is 0 Å². The lowest BCUT2D eigenvalue weighted by Crippen LogP contribution is -2.50. The van der Waals surface area contributed by atoms with Crippen molar-refractivity contribution in [2.45, 2.75) is 50.5 Å². The van der Waals surface area contributed by atoms with Gasteiger partial charge >= 0.3 is 0 Å². The van der Waals surface area contributed by atoms with Gasteiger partial charge in [-0.1, -0.05) is 18.2 Å². The molecule has 0 aromatic rings. The monoisotopic (exact) mass is 274 g/mol. The molecule has 1 spiro atoms. The molecule has 3 aliphatic rings. The molecule has 1 heterocycles.